The molecular formula is C16H9FN2O4. The maximum Gasteiger partial charge on any atom is 0.363 e. The third-order valence-corrected chi connectivity index (χ3v) is 3.14. The van der Waals surface area contributed by atoms with Crippen LogP contribution in [-0.2, 0) is 9.53 Å². The Bertz CT molecular complexity index is 857. The van der Waals surface area contributed by atoms with Crippen LogP contribution < -0.4 is 0 Å². The molecule has 0 saturated heterocycles. The minimum atomic E-state index is -0.707. The van der Waals surface area contributed by atoms with Crippen LogP contribution in [0.3, 0.4) is 0 Å². The molecule has 0 radical (unpaired) electrons. The van der Waals surface area contributed by atoms with Gasteiger partial charge in [-0.05, 0) is 24.3 Å². The SMILES string of the molecule is O=C1OC(c2ccc([N+](=O)[O-])cc2)=N/C1=C\c1ccccc1F. The van der Waals surface area contributed by atoms with E-state index < -0.39 is 16.7 Å². The zero-order valence-electron chi connectivity index (χ0n) is 11.6. The smallest absolute Gasteiger partial charge is 0.363 e. The molecule has 0 atom stereocenters. The normalized spacial score (nSPS) is 15.4. The molecule has 0 aromatic heterocycles. The summed E-state index contributed by atoms with van der Waals surface area (Å²) in [6.45, 7) is 0. The molecule has 3 rings (SSSR count). The molecule has 2 aromatic carbocycles. The number of hydrogen-bond acceptors (Lipinski definition) is 5. The van der Waals surface area contributed by atoms with Crippen LogP contribution in [0.25, 0.3) is 6.08 Å². The van der Waals surface area contributed by atoms with Crippen LogP contribution >= 0.6 is 0 Å². The number of rotatable bonds is 3. The molecule has 114 valence electrons. The van der Waals surface area contributed by atoms with E-state index in [2.05, 4.69) is 4.99 Å². The highest BCUT2D eigenvalue weighted by Gasteiger charge is 2.24. The van der Waals surface area contributed by atoms with Gasteiger partial charge in [-0.3, -0.25) is 10.1 Å². The minimum absolute atomic E-state index is 0.0208. The summed E-state index contributed by atoms with van der Waals surface area (Å²) in [5.74, 6) is -1.17. The predicted octanol–water partition coefficient (Wildman–Crippen LogP) is 3.08. The molecule has 7 heteroatoms. The van der Waals surface area contributed by atoms with E-state index in [1.54, 1.807) is 6.07 Å². The lowest BCUT2D eigenvalue weighted by Crippen LogP contribution is -2.05. The number of halogens is 1. The highest BCUT2D eigenvalue weighted by molar-refractivity contribution is 6.12. The largest absolute Gasteiger partial charge is 0.402 e. The molecule has 2 aromatic rings. The van der Waals surface area contributed by atoms with Gasteiger partial charge < -0.3 is 4.74 Å². The Hall–Kier alpha value is -3.35. The van der Waals surface area contributed by atoms with E-state index >= 15 is 0 Å². The van der Waals surface area contributed by atoms with E-state index in [1.807, 2.05) is 0 Å². The van der Waals surface area contributed by atoms with Gasteiger partial charge in [-0.2, -0.15) is 0 Å². The third kappa shape index (κ3) is 2.98. The first-order valence-electron chi connectivity index (χ1n) is 6.56. The molecule has 0 aliphatic carbocycles. The number of carbonyl (C=O) groups is 1. The average Bonchev–Trinajstić information content (AvgIpc) is 2.91. The van der Waals surface area contributed by atoms with Crippen molar-refractivity contribution in [2.45, 2.75) is 0 Å². The number of aliphatic imine (C=N–C) groups is 1. The van der Waals surface area contributed by atoms with Gasteiger partial charge in [-0.15, -0.1) is 0 Å². The topological polar surface area (TPSA) is 81.8 Å². The molecule has 0 amide bonds. The van der Waals surface area contributed by atoms with Crippen molar-refractivity contribution >= 4 is 23.6 Å². The summed E-state index contributed by atoms with van der Waals surface area (Å²) in [4.78, 5) is 25.9. The Labute approximate surface area is 129 Å². The van der Waals surface area contributed by atoms with E-state index in [9.17, 15) is 19.3 Å². The number of nitro groups is 1. The Morgan fingerprint density at radius 1 is 1.13 bits per heavy atom. The van der Waals surface area contributed by atoms with Gasteiger partial charge in [-0.25, -0.2) is 14.2 Å². The molecule has 0 spiro atoms. The molecule has 0 fully saturated rings. The van der Waals surface area contributed by atoms with Gasteiger partial charge >= 0.3 is 5.97 Å². The molecule has 1 aliphatic rings. The van der Waals surface area contributed by atoms with Gasteiger partial charge in [0.25, 0.3) is 5.69 Å². The lowest BCUT2D eigenvalue weighted by molar-refractivity contribution is -0.384. The lowest BCUT2D eigenvalue weighted by Gasteiger charge is -1.98. The van der Waals surface area contributed by atoms with Crippen molar-refractivity contribution in [3.63, 3.8) is 0 Å². The van der Waals surface area contributed by atoms with Crippen LogP contribution in [0.4, 0.5) is 10.1 Å². The molecule has 0 unspecified atom stereocenters. The highest BCUT2D eigenvalue weighted by Crippen LogP contribution is 2.21. The third-order valence-electron chi connectivity index (χ3n) is 3.14. The number of carbonyl (C=O) groups excluding carboxylic acids is 1. The number of esters is 1. The van der Waals surface area contributed by atoms with Gasteiger partial charge in [0.1, 0.15) is 5.82 Å². The van der Waals surface area contributed by atoms with Crippen LogP contribution in [0.1, 0.15) is 11.1 Å². The van der Waals surface area contributed by atoms with E-state index in [0.29, 0.717) is 5.56 Å². The van der Waals surface area contributed by atoms with Crippen molar-refractivity contribution in [1.82, 2.24) is 0 Å². The van der Waals surface area contributed by atoms with Crippen LogP contribution in [0, 0.1) is 15.9 Å². The molecule has 1 heterocycles. The summed E-state index contributed by atoms with van der Waals surface area (Å²) in [7, 11) is 0. The fourth-order valence-corrected chi connectivity index (χ4v) is 2.00. The summed E-state index contributed by atoms with van der Waals surface area (Å²) in [6, 6.07) is 11.4. The fourth-order valence-electron chi connectivity index (χ4n) is 2.00. The average molecular weight is 312 g/mol. The Kier molecular flexibility index (Phi) is 3.68. The summed E-state index contributed by atoms with van der Waals surface area (Å²) >= 11 is 0. The second-order valence-electron chi connectivity index (χ2n) is 4.66. The van der Waals surface area contributed by atoms with Crippen molar-refractivity contribution in [1.29, 1.82) is 0 Å². The molecule has 23 heavy (non-hydrogen) atoms. The number of hydrogen-bond donors (Lipinski definition) is 0. The Morgan fingerprint density at radius 3 is 2.48 bits per heavy atom. The lowest BCUT2D eigenvalue weighted by atomic mass is 10.2. The second-order valence-corrected chi connectivity index (χ2v) is 4.66. The number of benzene rings is 2. The number of non-ortho nitro benzene ring substituents is 1. The number of nitrogens with zero attached hydrogens (tertiary/aromatic N) is 2. The molecule has 0 N–H and O–H groups in total. The standard InChI is InChI=1S/C16H9FN2O4/c17-13-4-2-1-3-11(13)9-14-16(20)23-15(18-14)10-5-7-12(8-6-10)19(21)22/h1-9H/b14-9-. The zero-order chi connectivity index (χ0) is 16.4. The summed E-state index contributed by atoms with van der Waals surface area (Å²) < 4.78 is 18.6. The molecular weight excluding hydrogens is 303 g/mol. The van der Waals surface area contributed by atoms with E-state index in [4.69, 9.17) is 4.74 Å². The van der Waals surface area contributed by atoms with E-state index in [0.717, 1.165) is 0 Å². The number of ether oxygens (including phenoxy) is 1. The van der Waals surface area contributed by atoms with Crippen LogP contribution in [0.5, 0.6) is 0 Å². The summed E-state index contributed by atoms with van der Waals surface area (Å²) in [6.07, 6.45) is 1.29. The first-order valence-corrected chi connectivity index (χ1v) is 6.56. The zero-order valence-corrected chi connectivity index (χ0v) is 11.6. The van der Waals surface area contributed by atoms with Crippen molar-refractivity contribution in [2.75, 3.05) is 0 Å². The number of nitro benzene ring substituents is 1. The minimum Gasteiger partial charge on any atom is -0.402 e. The van der Waals surface area contributed by atoms with Crippen molar-refractivity contribution in [3.05, 3.63) is 81.3 Å². The first-order chi connectivity index (χ1) is 11.0. The Morgan fingerprint density at radius 2 is 1.83 bits per heavy atom. The van der Waals surface area contributed by atoms with Gasteiger partial charge in [-0.1, -0.05) is 18.2 Å². The Balaban J connectivity index is 1.92. The van der Waals surface area contributed by atoms with Gasteiger partial charge in [0.05, 0.1) is 4.92 Å². The van der Waals surface area contributed by atoms with Crippen LogP contribution in [-0.4, -0.2) is 16.8 Å². The van der Waals surface area contributed by atoms with E-state index in [-0.39, 0.29) is 22.8 Å². The first kappa shape index (κ1) is 14.6. The highest BCUT2D eigenvalue weighted by atomic mass is 19.1. The predicted molar refractivity (Wildman–Crippen MR) is 80.1 cm³/mol. The molecule has 1 aliphatic heterocycles. The van der Waals surface area contributed by atoms with Crippen molar-refractivity contribution in [2.24, 2.45) is 4.99 Å². The van der Waals surface area contributed by atoms with Gasteiger partial charge in [0, 0.05) is 23.3 Å². The summed E-state index contributed by atoms with van der Waals surface area (Å²) in [5, 5.41) is 10.6. The monoisotopic (exact) mass is 312 g/mol. The quantitative estimate of drug-likeness (QED) is 0.377. The molecule has 6 nitrogen and oxygen atoms in total. The van der Waals surface area contributed by atoms with E-state index in [1.165, 1.54) is 48.5 Å². The molecule has 0 bridgehead atoms. The second kappa shape index (κ2) is 5.80. The van der Waals surface area contributed by atoms with Crippen LogP contribution in [0.2, 0.25) is 0 Å². The maximum absolute atomic E-state index is 13.6. The molecule has 0 saturated carbocycles. The maximum atomic E-state index is 13.6. The van der Waals surface area contributed by atoms with Gasteiger partial charge in [0.2, 0.25) is 5.90 Å². The van der Waals surface area contributed by atoms with Crippen molar-refractivity contribution < 1.29 is 18.8 Å². The van der Waals surface area contributed by atoms with Crippen molar-refractivity contribution in [3.8, 4) is 0 Å². The van der Waals surface area contributed by atoms with Gasteiger partial charge in [0.15, 0.2) is 5.70 Å². The number of cyclic esters (lactones) is 1. The summed E-state index contributed by atoms with van der Waals surface area (Å²) in [5.41, 5.74) is 0.512. The fraction of sp³-hybridized carbons (Fsp3) is 0. The van der Waals surface area contributed by atoms with Crippen LogP contribution in [0.15, 0.2) is 59.2 Å².